The summed E-state index contributed by atoms with van der Waals surface area (Å²) in [6.07, 6.45) is 3.56. The number of nitrogens with zero attached hydrogens (tertiary/aromatic N) is 2. The molecule has 0 atom stereocenters. The normalized spacial score (nSPS) is 24.3. The van der Waals surface area contributed by atoms with Crippen LogP contribution in [0.4, 0.5) is 4.79 Å². The zero-order valence-corrected chi connectivity index (χ0v) is 18.4. The largest absolute Gasteiger partial charge is 0.356 e. The fourth-order valence-electron chi connectivity index (χ4n) is 5.53. The SMILES string of the molecule is Cc1c(C2(N(C)C(N)=O)CCC(c3ccccc3)(N(C)C)CC2)[nH]c2ccccc12. The number of fused-ring (bicyclic) bond motifs is 1. The molecular weight excluding hydrogens is 372 g/mol. The van der Waals surface area contributed by atoms with Crippen LogP contribution in [0, 0.1) is 6.92 Å². The molecule has 0 spiro atoms. The first-order valence-electron chi connectivity index (χ1n) is 10.7. The van der Waals surface area contributed by atoms with E-state index in [9.17, 15) is 4.79 Å². The molecule has 1 saturated carbocycles. The number of nitrogens with two attached hydrogens (primary N) is 1. The van der Waals surface area contributed by atoms with Crippen molar-refractivity contribution in [3.05, 3.63) is 71.4 Å². The van der Waals surface area contributed by atoms with Crippen molar-refractivity contribution in [3.63, 3.8) is 0 Å². The number of para-hydroxylation sites is 1. The Labute approximate surface area is 178 Å². The highest BCUT2D eigenvalue weighted by atomic mass is 16.2. The molecule has 3 aromatic rings. The van der Waals surface area contributed by atoms with E-state index in [0.717, 1.165) is 36.9 Å². The molecule has 1 aliphatic rings. The number of hydrogen-bond donors (Lipinski definition) is 2. The Kier molecular flexibility index (Phi) is 5.10. The van der Waals surface area contributed by atoms with Gasteiger partial charge in [0.15, 0.2) is 0 Å². The average molecular weight is 405 g/mol. The number of urea groups is 1. The molecule has 1 aliphatic carbocycles. The highest BCUT2D eigenvalue weighted by molar-refractivity contribution is 5.85. The number of aryl methyl sites for hydroxylation is 1. The number of carbonyl (C=O) groups is 1. The number of amides is 2. The second-order valence-corrected chi connectivity index (χ2v) is 8.89. The maximum atomic E-state index is 12.4. The Morgan fingerprint density at radius 3 is 2.03 bits per heavy atom. The van der Waals surface area contributed by atoms with E-state index in [1.807, 2.05) is 13.1 Å². The molecule has 0 unspecified atom stereocenters. The third-order valence-corrected chi connectivity index (χ3v) is 7.48. The van der Waals surface area contributed by atoms with Crippen LogP contribution in [-0.2, 0) is 11.1 Å². The third kappa shape index (κ3) is 3.00. The van der Waals surface area contributed by atoms with Crippen molar-refractivity contribution >= 4 is 16.9 Å². The molecule has 0 radical (unpaired) electrons. The highest BCUT2D eigenvalue weighted by Gasteiger charge is 2.50. The molecule has 158 valence electrons. The summed E-state index contributed by atoms with van der Waals surface area (Å²) in [6, 6.07) is 18.7. The van der Waals surface area contributed by atoms with Gasteiger partial charge in [-0.1, -0.05) is 48.5 Å². The van der Waals surface area contributed by atoms with E-state index in [1.54, 1.807) is 4.90 Å². The van der Waals surface area contributed by atoms with Crippen molar-refractivity contribution in [3.8, 4) is 0 Å². The number of rotatable bonds is 4. The summed E-state index contributed by atoms with van der Waals surface area (Å²) in [4.78, 5) is 20.1. The van der Waals surface area contributed by atoms with Gasteiger partial charge in [0.2, 0.25) is 0 Å². The van der Waals surface area contributed by atoms with E-state index in [2.05, 4.69) is 79.4 Å². The van der Waals surface area contributed by atoms with Crippen molar-refractivity contribution in [2.24, 2.45) is 5.73 Å². The Morgan fingerprint density at radius 2 is 1.47 bits per heavy atom. The van der Waals surface area contributed by atoms with Crippen LogP contribution in [0.3, 0.4) is 0 Å². The fourth-order valence-corrected chi connectivity index (χ4v) is 5.53. The molecule has 2 amide bonds. The molecule has 1 heterocycles. The van der Waals surface area contributed by atoms with Crippen LogP contribution in [-0.4, -0.2) is 42.0 Å². The maximum Gasteiger partial charge on any atom is 0.315 e. The number of carbonyl (C=O) groups excluding carboxylic acids is 1. The lowest BCUT2D eigenvalue weighted by atomic mass is 9.66. The second kappa shape index (κ2) is 7.47. The van der Waals surface area contributed by atoms with Crippen LogP contribution < -0.4 is 5.73 Å². The summed E-state index contributed by atoms with van der Waals surface area (Å²) >= 11 is 0. The minimum atomic E-state index is -0.441. The lowest BCUT2D eigenvalue weighted by Gasteiger charge is -2.52. The van der Waals surface area contributed by atoms with E-state index in [-0.39, 0.29) is 11.6 Å². The summed E-state index contributed by atoms with van der Waals surface area (Å²) in [7, 11) is 6.16. The van der Waals surface area contributed by atoms with Crippen molar-refractivity contribution in [2.75, 3.05) is 21.1 Å². The summed E-state index contributed by atoms with van der Waals surface area (Å²) < 4.78 is 0. The molecular formula is C25H32N4O. The first-order valence-corrected chi connectivity index (χ1v) is 10.7. The summed E-state index contributed by atoms with van der Waals surface area (Å²) in [5.41, 5.74) is 10.1. The van der Waals surface area contributed by atoms with Crippen LogP contribution in [0.1, 0.15) is 42.5 Å². The molecule has 5 heteroatoms. The van der Waals surface area contributed by atoms with Crippen molar-refractivity contribution < 1.29 is 4.79 Å². The quantitative estimate of drug-likeness (QED) is 0.661. The third-order valence-electron chi connectivity index (χ3n) is 7.48. The lowest BCUT2D eigenvalue weighted by Crippen LogP contribution is -2.56. The van der Waals surface area contributed by atoms with Gasteiger partial charge in [0.25, 0.3) is 0 Å². The fraction of sp³-hybridized carbons (Fsp3) is 0.400. The zero-order chi connectivity index (χ0) is 21.5. The minimum absolute atomic E-state index is 0.0524. The Morgan fingerprint density at radius 1 is 0.900 bits per heavy atom. The molecule has 5 nitrogen and oxygen atoms in total. The second-order valence-electron chi connectivity index (χ2n) is 8.89. The Bertz CT molecular complexity index is 1050. The van der Waals surface area contributed by atoms with Gasteiger partial charge in [0.1, 0.15) is 0 Å². The van der Waals surface area contributed by atoms with Gasteiger partial charge >= 0.3 is 6.03 Å². The first kappa shape index (κ1) is 20.5. The number of primary amides is 1. The van der Waals surface area contributed by atoms with Crippen molar-refractivity contribution in [1.29, 1.82) is 0 Å². The number of hydrogen-bond acceptors (Lipinski definition) is 2. The van der Waals surface area contributed by atoms with E-state index in [1.165, 1.54) is 16.5 Å². The molecule has 4 rings (SSSR count). The predicted octanol–water partition coefficient (Wildman–Crippen LogP) is 4.71. The molecule has 0 bridgehead atoms. The molecule has 1 fully saturated rings. The van der Waals surface area contributed by atoms with Crippen LogP contribution in [0.5, 0.6) is 0 Å². The predicted molar refractivity (Wildman–Crippen MR) is 122 cm³/mol. The molecule has 0 saturated heterocycles. The van der Waals surface area contributed by atoms with Gasteiger partial charge in [-0.05, 0) is 63.9 Å². The van der Waals surface area contributed by atoms with E-state index in [4.69, 9.17) is 5.73 Å². The molecule has 3 N–H and O–H groups in total. The molecule has 0 aliphatic heterocycles. The molecule has 30 heavy (non-hydrogen) atoms. The highest BCUT2D eigenvalue weighted by Crippen LogP contribution is 2.51. The molecule has 1 aromatic heterocycles. The van der Waals surface area contributed by atoms with Gasteiger partial charge < -0.3 is 15.6 Å². The lowest BCUT2D eigenvalue weighted by molar-refractivity contribution is 0.0134. The van der Waals surface area contributed by atoms with Gasteiger partial charge in [-0.15, -0.1) is 0 Å². The maximum absolute atomic E-state index is 12.4. The van der Waals surface area contributed by atoms with Gasteiger partial charge in [0, 0.05) is 29.2 Å². The Hall–Kier alpha value is -2.79. The standard InChI is InChI=1S/C25H32N4O/c1-18-20-12-8-9-13-21(20)27-22(18)25(29(4)23(26)30)16-14-24(15-17-25,28(2)3)19-10-6-5-7-11-19/h5-13,27H,14-17H2,1-4H3,(H2,26,30). The summed E-state index contributed by atoms with van der Waals surface area (Å²) in [5.74, 6) is 0. The van der Waals surface area contributed by atoms with E-state index < -0.39 is 5.54 Å². The average Bonchev–Trinajstić information content (AvgIpc) is 3.11. The zero-order valence-electron chi connectivity index (χ0n) is 18.4. The topological polar surface area (TPSA) is 65.4 Å². The van der Waals surface area contributed by atoms with Gasteiger partial charge in [-0.3, -0.25) is 4.90 Å². The van der Waals surface area contributed by atoms with Crippen LogP contribution in [0.2, 0.25) is 0 Å². The van der Waals surface area contributed by atoms with Crippen molar-refractivity contribution in [2.45, 2.75) is 43.7 Å². The smallest absolute Gasteiger partial charge is 0.315 e. The number of nitrogens with one attached hydrogen (secondary N) is 1. The van der Waals surface area contributed by atoms with Gasteiger partial charge in [0.05, 0.1) is 5.54 Å². The minimum Gasteiger partial charge on any atom is -0.356 e. The van der Waals surface area contributed by atoms with E-state index in [0.29, 0.717) is 0 Å². The van der Waals surface area contributed by atoms with E-state index >= 15 is 0 Å². The van der Waals surface area contributed by atoms with Crippen LogP contribution in [0.25, 0.3) is 10.9 Å². The Balaban J connectivity index is 1.81. The van der Waals surface area contributed by atoms with Gasteiger partial charge in [-0.25, -0.2) is 4.79 Å². The number of H-pyrrole nitrogens is 1. The molecule has 2 aromatic carbocycles. The number of benzene rings is 2. The monoisotopic (exact) mass is 404 g/mol. The summed E-state index contributed by atoms with van der Waals surface area (Å²) in [5, 5.41) is 1.21. The number of aromatic amines is 1. The first-order chi connectivity index (χ1) is 14.3. The van der Waals surface area contributed by atoms with Crippen molar-refractivity contribution in [1.82, 2.24) is 14.8 Å². The van der Waals surface area contributed by atoms with Crippen LogP contribution >= 0.6 is 0 Å². The van der Waals surface area contributed by atoms with Crippen LogP contribution in [0.15, 0.2) is 54.6 Å². The summed E-state index contributed by atoms with van der Waals surface area (Å²) in [6.45, 7) is 2.15. The van der Waals surface area contributed by atoms with Gasteiger partial charge in [-0.2, -0.15) is 0 Å². The number of aromatic nitrogens is 1.